The molecule has 0 saturated carbocycles. The van der Waals surface area contributed by atoms with Gasteiger partial charge in [-0.25, -0.2) is 0 Å². The molecule has 0 amide bonds. The highest BCUT2D eigenvalue weighted by atomic mass is 79.9. The lowest BCUT2D eigenvalue weighted by Crippen LogP contribution is -2.46. The third-order valence-electron chi connectivity index (χ3n) is 3.71. The largest absolute Gasteiger partial charge is 0.367 e. The number of halogens is 1. The van der Waals surface area contributed by atoms with Crippen LogP contribution in [0.5, 0.6) is 0 Å². The number of anilines is 1. The van der Waals surface area contributed by atoms with Crippen LogP contribution in [0.4, 0.5) is 5.69 Å². The number of hydrogen-bond donors (Lipinski definition) is 0. The number of rotatable bonds is 3. The van der Waals surface area contributed by atoms with Crippen molar-refractivity contribution in [2.75, 3.05) is 31.1 Å². The summed E-state index contributed by atoms with van der Waals surface area (Å²) in [5.74, 6) is 0. The molecule has 1 aliphatic rings. The monoisotopic (exact) mass is 331 g/mol. The highest BCUT2D eigenvalue weighted by Gasteiger charge is 2.18. The van der Waals surface area contributed by atoms with Crippen molar-refractivity contribution in [1.82, 2.24) is 9.88 Å². The van der Waals surface area contributed by atoms with Crippen LogP contribution in [0, 0.1) is 0 Å². The fourth-order valence-electron chi connectivity index (χ4n) is 2.59. The Bertz CT molecular complexity index is 551. The second-order valence-corrected chi connectivity index (χ2v) is 5.93. The molecule has 0 bridgehead atoms. The van der Waals surface area contributed by atoms with Gasteiger partial charge in [0.2, 0.25) is 0 Å². The van der Waals surface area contributed by atoms with Gasteiger partial charge >= 0.3 is 0 Å². The summed E-state index contributed by atoms with van der Waals surface area (Å²) in [5.41, 5.74) is 2.59. The SMILES string of the molecule is Brc1ccncc1N1CCN(Cc2ccccc2)CC1. The first-order valence-electron chi connectivity index (χ1n) is 6.94. The first-order chi connectivity index (χ1) is 9.83. The van der Waals surface area contributed by atoms with Crippen molar-refractivity contribution in [3.63, 3.8) is 0 Å². The molecule has 0 atom stereocenters. The molecule has 3 nitrogen and oxygen atoms in total. The Kier molecular flexibility index (Phi) is 4.33. The smallest absolute Gasteiger partial charge is 0.0697 e. The second-order valence-electron chi connectivity index (χ2n) is 5.08. The third kappa shape index (κ3) is 3.19. The summed E-state index contributed by atoms with van der Waals surface area (Å²) in [5, 5.41) is 0. The van der Waals surface area contributed by atoms with Crippen LogP contribution in [0.2, 0.25) is 0 Å². The Hall–Kier alpha value is -1.39. The average Bonchev–Trinajstić information content (AvgIpc) is 2.50. The van der Waals surface area contributed by atoms with Gasteiger partial charge in [-0.15, -0.1) is 0 Å². The van der Waals surface area contributed by atoms with E-state index in [1.165, 1.54) is 11.3 Å². The van der Waals surface area contributed by atoms with Gasteiger partial charge in [0.15, 0.2) is 0 Å². The quantitative estimate of drug-likeness (QED) is 0.861. The van der Waals surface area contributed by atoms with Gasteiger partial charge in [0, 0.05) is 43.4 Å². The predicted octanol–water partition coefficient (Wildman–Crippen LogP) is 3.17. The van der Waals surface area contributed by atoms with Crippen LogP contribution in [-0.2, 0) is 6.54 Å². The molecule has 1 aromatic heterocycles. The van der Waals surface area contributed by atoms with E-state index < -0.39 is 0 Å². The number of pyridine rings is 1. The summed E-state index contributed by atoms with van der Waals surface area (Å²) < 4.78 is 1.13. The predicted molar refractivity (Wildman–Crippen MR) is 85.9 cm³/mol. The Morgan fingerprint density at radius 1 is 1.00 bits per heavy atom. The molecular formula is C16H18BrN3. The zero-order chi connectivity index (χ0) is 13.8. The van der Waals surface area contributed by atoms with Gasteiger partial charge < -0.3 is 4.90 Å². The molecule has 0 aliphatic carbocycles. The Balaban J connectivity index is 1.59. The van der Waals surface area contributed by atoms with Crippen LogP contribution in [0.15, 0.2) is 53.3 Å². The maximum atomic E-state index is 4.22. The Labute approximate surface area is 128 Å². The first kappa shape index (κ1) is 13.6. The van der Waals surface area contributed by atoms with Crippen LogP contribution in [0.3, 0.4) is 0 Å². The molecule has 0 unspecified atom stereocenters. The van der Waals surface area contributed by atoms with Crippen molar-refractivity contribution in [1.29, 1.82) is 0 Å². The molecule has 1 saturated heterocycles. The maximum Gasteiger partial charge on any atom is 0.0697 e. The number of piperazine rings is 1. The lowest BCUT2D eigenvalue weighted by Gasteiger charge is -2.36. The van der Waals surface area contributed by atoms with Gasteiger partial charge in [-0.05, 0) is 27.6 Å². The van der Waals surface area contributed by atoms with E-state index >= 15 is 0 Å². The fourth-order valence-corrected chi connectivity index (χ4v) is 3.06. The Morgan fingerprint density at radius 3 is 2.45 bits per heavy atom. The molecule has 1 aromatic carbocycles. The third-order valence-corrected chi connectivity index (χ3v) is 4.38. The minimum absolute atomic E-state index is 1.04. The van der Waals surface area contributed by atoms with Crippen LogP contribution >= 0.6 is 15.9 Å². The molecule has 1 fully saturated rings. The summed E-state index contributed by atoms with van der Waals surface area (Å²) in [6.07, 6.45) is 3.76. The van der Waals surface area contributed by atoms with Gasteiger partial charge in [0.25, 0.3) is 0 Å². The number of hydrogen-bond acceptors (Lipinski definition) is 3. The average molecular weight is 332 g/mol. The number of benzene rings is 1. The molecule has 0 spiro atoms. The standard InChI is InChI=1S/C16H18BrN3/c17-15-6-7-18-12-16(15)20-10-8-19(9-11-20)13-14-4-2-1-3-5-14/h1-7,12H,8-11,13H2. The Morgan fingerprint density at radius 2 is 1.75 bits per heavy atom. The number of aromatic nitrogens is 1. The lowest BCUT2D eigenvalue weighted by molar-refractivity contribution is 0.250. The minimum Gasteiger partial charge on any atom is -0.367 e. The maximum absolute atomic E-state index is 4.22. The molecule has 104 valence electrons. The zero-order valence-corrected chi connectivity index (χ0v) is 13.0. The van der Waals surface area contributed by atoms with Crippen molar-refractivity contribution in [2.45, 2.75) is 6.54 Å². The van der Waals surface area contributed by atoms with Crippen LogP contribution in [0.1, 0.15) is 5.56 Å². The van der Waals surface area contributed by atoms with Crippen molar-refractivity contribution in [2.24, 2.45) is 0 Å². The second kappa shape index (κ2) is 6.37. The van der Waals surface area contributed by atoms with Crippen LogP contribution in [-0.4, -0.2) is 36.1 Å². The van der Waals surface area contributed by atoms with Crippen LogP contribution < -0.4 is 4.90 Å². The van der Waals surface area contributed by atoms with E-state index in [0.29, 0.717) is 0 Å². The van der Waals surface area contributed by atoms with Gasteiger partial charge in [-0.3, -0.25) is 9.88 Å². The van der Waals surface area contributed by atoms with Gasteiger partial charge in [0.1, 0.15) is 0 Å². The summed E-state index contributed by atoms with van der Waals surface area (Å²) in [6.45, 7) is 5.34. The normalized spacial score (nSPS) is 16.4. The summed E-state index contributed by atoms with van der Waals surface area (Å²) >= 11 is 3.61. The summed E-state index contributed by atoms with van der Waals surface area (Å²) in [6, 6.07) is 12.7. The summed E-state index contributed by atoms with van der Waals surface area (Å²) in [4.78, 5) is 9.13. The minimum atomic E-state index is 1.04. The highest BCUT2D eigenvalue weighted by Crippen LogP contribution is 2.25. The molecule has 0 N–H and O–H groups in total. The van der Waals surface area contributed by atoms with E-state index in [4.69, 9.17) is 0 Å². The van der Waals surface area contributed by atoms with Crippen molar-refractivity contribution < 1.29 is 0 Å². The molecule has 2 heterocycles. The van der Waals surface area contributed by atoms with E-state index in [1.807, 2.05) is 18.5 Å². The van der Waals surface area contributed by atoms with Gasteiger partial charge in [-0.1, -0.05) is 30.3 Å². The summed E-state index contributed by atoms with van der Waals surface area (Å²) in [7, 11) is 0. The van der Waals surface area contributed by atoms with Gasteiger partial charge in [-0.2, -0.15) is 0 Å². The topological polar surface area (TPSA) is 19.4 Å². The van der Waals surface area contributed by atoms with Crippen molar-refractivity contribution >= 4 is 21.6 Å². The molecule has 1 aliphatic heterocycles. The lowest BCUT2D eigenvalue weighted by atomic mass is 10.2. The van der Waals surface area contributed by atoms with Gasteiger partial charge in [0.05, 0.1) is 11.9 Å². The van der Waals surface area contributed by atoms with E-state index in [-0.39, 0.29) is 0 Å². The first-order valence-corrected chi connectivity index (χ1v) is 7.73. The number of nitrogens with zero attached hydrogens (tertiary/aromatic N) is 3. The van der Waals surface area contributed by atoms with E-state index in [0.717, 1.165) is 37.2 Å². The highest BCUT2D eigenvalue weighted by molar-refractivity contribution is 9.10. The fraction of sp³-hybridized carbons (Fsp3) is 0.312. The molecule has 3 rings (SSSR count). The molecule has 20 heavy (non-hydrogen) atoms. The van der Waals surface area contributed by atoms with E-state index in [1.54, 1.807) is 0 Å². The van der Waals surface area contributed by atoms with Crippen molar-refractivity contribution in [3.8, 4) is 0 Å². The zero-order valence-electron chi connectivity index (χ0n) is 11.4. The van der Waals surface area contributed by atoms with Crippen molar-refractivity contribution in [3.05, 3.63) is 58.8 Å². The molecule has 0 radical (unpaired) electrons. The molecule has 2 aromatic rings. The molecular weight excluding hydrogens is 314 g/mol. The van der Waals surface area contributed by atoms with Crippen LogP contribution in [0.25, 0.3) is 0 Å². The van der Waals surface area contributed by atoms with E-state index in [9.17, 15) is 0 Å². The van der Waals surface area contributed by atoms with E-state index in [2.05, 4.69) is 61.0 Å². The molecule has 4 heteroatoms.